The average Bonchev–Trinajstić information content (AvgIpc) is 2.96. The van der Waals surface area contributed by atoms with Crippen LogP contribution in [-0.4, -0.2) is 27.3 Å². The van der Waals surface area contributed by atoms with Crippen molar-refractivity contribution in [1.29, 1.82) is 0 Å². The molecule has 2 aromatic heterocycles. The topological polar surface area (TPSA) is 57.0 Å². The van der Waals surface area contributed by atoms with Crippen molar-refractivity contribution in [3.63, 3.8) is 0 Å². The molecule has 2 atom stereocenters. The van der Waals surface area contributed by atoms with E-state index in [1.54, 1.807) is 23.1 Å². The number of carbonyl (C=O) groups is 1. The Hall–Kier alpha value is -2.17. The summed E-state index contributed by atoms with van der Waals surface area (Å²) in [5.74, 6) is 1.21. The molecular weight excluding hydrogens is 302 g/mol. The molecule has 126 valence electrons. The zero-order valence-electron chi connectivity index (χ0n) is 14.5. The second-order valence-electron chi connectivity index (χ2n) is 7.57. The van der Waals surface area contributed by atoms with Crippen LogP contribution in [-0.2, 0) is 11.8 Å². The minimum Gasteiger partial charge on any atom is -0.462 e. The third-order valence-electron chi connectivity index (χ3n) is 6.06. The van der Waals surface area contributed by atoms with Gasteiger partial charge in [0.15, 0.2) is 5.65 Å². The largest absolute Gasteiger partial charge is 0.462 e. The number of fused-ring (bicyclic) bond motifs is 2. The minimum atomic E-state index is -0.294. The maximum absolute atomic E-state index is 12.4. The van der Waals surface area contributed by atoms with Gasteiger partial charge in [-0.3, -0.25) is 4.68 Å². The van der Waals surface area contributed by atoms with Gasteiger partial charge >= 0.3 is 5.97 Å². The number of aryl methyl sites for hydroxylation is 1. The van der Waals surface area contributed by atoms with E-state index >= 15 is 0 Å². The van der Waals surface area contributed by atoms with Gasteiger partial charge in [0.05, 0.1) is 23.8 Å². The first-order chi connectivity index (χ1) is 11.5. The Morgan fingerprint density at radius 3 is 3.04 bits per heavy atom. The number of allylic oxidation sites excluding steroid dienone is 1. The molecule has 0 unspecified atom stereocenters. The van der Waals surface area contributed by atoms with Gasteiger partial charge < -0.3 is 4.74 Å². The van der Waals surface area contributed by atoms with E-state index in [1.807, 2.05) is 7.05 Å². The van der Waals surface area contributed by atoms with Crippen molar-refractivity contribution >= 4 is 17.0 Å². The number of rotatable bonds is 4. The highest BCUT2D eigenvalue weighted by Gasteiger charge is 2.50. The van der Waals surface area contributed by atoms with Gasteiger partial charge in [-0.2, -0.15) is 5.10 Å². The molecule has 0 radical (unpaired) electrons. The summed E-state index contributed by atoms with van der Waals surface area (Å²) in [6.07, 6.45) is 8.97. The first-order valence-corrected chi connectivity index (χ1v) is 8.61. The van der Waals surface area contributed by atoms with Crippen LogP contribution in [0.2, 0.25) is 0 Å². The number of hydrogen-bond acceptors (Lipinski definition) is 4. The number of nitrogens with zero attached hydrogens (tertiary/aromatic N) is 3. The van der Waals surface area contributed by atoms with Gasteiger partial charge in [0.1, 0.15) is 0 Å². The van der Waals surface area contributed by atoms with Crippen LogP contribution in [0.5, 0.6) is 0 Å². The van der Waals surface area contributed by atoms with Gasteiger partial charge in [0.25, 0.3) is 0 Å². The highest BCUT2D eigenvalue weighted by Crippen LogP contribution is 2.59. The Morgan fingerprint density at radius 2 is 2.29 bits per heavy atom. The van der Waals surface area contributed by atoms with Crippen LogP contribution in [0.1, 0.15) is 43.5 Å². The Morgan fingerprint density at radius 1 is 1.46 bits per heavy atom. The van der Waals surface area contributed by atoms with Gasteiger partial charge in [0, 0.05) is 19.7 Å². The van der Waals surface area contributed by atoms with Crippen LogP contribution in [0.4, 0.5) is 0 Å². The molecule has 2 aromatic rings. The molecule has 5 rings (SSSR count). The molecule has 0 aliphatic heterocycles. The standard InChI is InChI=1S/C19H23N3O2/c1-19(2)13-5-4-12(16(19)10-13)7-9-24-18(23)14-6-8-20-17-15(14)11-21-22(17)3/h4,6,8,11,13,16H,5,7,9-10H2,1-3H3/t13-,16-/m0/s1. The molecule has 3 aliphatic carbocycles. The second kappa shape index (κ2) is 5.43. The van der Waals surface area contributed by atoms with Crippen molar-refractivity contribution in [2.45, 2.75) is 33.1 Å². The summed E-state index contributed by atoms with van der Waals surface area (Å²) in [6.45, 7) is 5.16. The Balaban J connectivity index is 1.41. The van der Waals surface area contributed by atoms with E-state index in [9.17, 15) is 4.79 Å². The predicted octanol–water partition coefficient (Wildman–Crippen LogP) is 3.51. The minimum absolute atomic E-state index is 0.294. The van der Waals surface area contributed by atoms with E-state index in [4.69, 9.17) is 4.74 Å². The van der Waals surface area contributed by atoms with Crippen molar-refractivity contribution in [2.24, 2.45) is 24.3 Å². The van der Waals surface area contributed by atoms with Crippen molar-refractivity contribution in [3.05, 3.63) is 35.7 Å². The normalized spacial score (nSPS) is 24.4. The zero-order valence-corrected chi connectivity index (χ0v) is 14.5. The third kappa shape index (κ3) is 2.26. The third-order valence-corrected chi connectivity index (χ3v) is 6.06. The molecule has 0 aromatic carbocycles. The van der Waals surface area contributed by atoms with Gasteiger partial charge in [0.2, 0.25) is 0 Å². The van der Waals surface area contributed by atoms with E-state index in [0.29, 0.717) is 29.2 Å². The van der Waals surface area contributed by atoms with Gasteiger partial charge in [-0.1, -0.05) is 25.5 Å². The van der Waals surface area contributed by atoms with Crippen LogP contribution >= 0.6 is 0 Å². The molecule has 0 N–H and O–H groups in total. The Bertz CT molecular complexity index is 834. The smallest absolute Gasteiger partial charge is 0.339 e. The molecule has 24 heavy (non-hydrogen) atoms. The number of esters is 1. The molecule has 0 saturated heterocycles. The lowest BCUT2D eigenvalue weighted by Gasteiger charge is -2.56. The van der Waals surface area contributed by atoms with Crippen LogP contribution in [0.3, 0.4) is 0 Å². The number of ether oxygens (including phenoxy) is 1. The van der Waals surface area contributed by atoms with Gasteiger partial charge in [-0.05, 0) is 36.2 Å². The van der Waals surface area contributed by atoms with Crippen LogP contribution in [0, 0.1) is 17.3 Å². The summed E-state index contributed by atoms with van der Waals surface area (Å²) in [4.78, 5) is 16.7. The molecule has 5 heteroatoms. The molecule has 3 aliphatic rings. The Kier molecular flexibility index (Phi) is 3.48. The summed E-state index contributed by atoms with van der Waals surface area (Å²) in [7, 11) is 1.81. The van der Waals surface area contributed by atoms with Gasteiger partial charge in [-0.15, -0.1) is 0 Å². The van der Waals surface area contributed by atoms with Crippen molar-refractivity contribution < 1.29 is 9.53 Å². The number of pyridine rings is 1. The van der Waals surface area contributed by atoms with Crippen molar-refractivity contribution in [1.82, 2.24) is 14.8 Å². The predicted molar refractivity (Wildman–Crippen MR) is 91.5 cm³/mol. The molecule has 2 heterocycles. The molecule has 1 fully saturated rings. The Labute approximate surface area is 141 Å². The monoisotopic (exact) mass is 325 g/mol. The molecule has 0 spiro atoms. The summed E-state index contributed by atoms with van der Waals surface area (Å²) < 4.78 is 7.20. The first-order valence-electron chi connectivity index (χ1n) is 8.61. The van der Waals surface area contributed by atoms with E-state index in [-0.39, 0.29) is 5.97 Å². The zero-order chi connectivity index (χ0) is 16.9. The molecule has 5 nitrogen and oxygen atoms in total. The SMILES string of the molecule is Cn1ncc2c(C(=O)OCCC3=CC[C@H]4C[C@@H]3C4(C)C)ccnc21. The average molecular weight is 325 g/mol. The van der Waals surface area contributed by atoms with Crippen molar-refractivity contribution in [3.8, 4) is 0 Å². The number of aromatic nitrogens is 3. The lowest BCUT2D eigenvalue weighted by atomic mass is 9.48. The highest BCUT2D eigenvalue weighted by molar-refractivity contribution is 6.02. The second-order valence-corrected chi connectivity index (χ2v) is 7.57. The number of hydrogen-bond donors (Lipinski definition) is 0. The fraction of sp³-hybridized carbons (Fsp3) is 0.526. The van der Waals surface area contributed by atoms with Crippen LogP contribution in [0.15, 0.2) is 30.1 Å². The van der Waals surface area contributed by atoms with Crippen LogP contribution in [0.25, 0.3) is 11.0 Å². The quantitative estimate of drug-likeness (QED) is 0.637. The summed E-state index contributed by atoms with van der Waals surface area (Å²) in [6, 6.07) is 1.70. The summed E-state index contributed by atoms with van der Waals surface area (Å²) >= 11 is 0. The molecule has 0 amide bonds. The highest BCUT2D eigenvalue weighted by atomic mass is 16.5. The molecule has 2 bridgehead atoms. The fourth-order valence-corrected chi connectivity index (χ4v) is 4.32. The lowest BCUT2D eigenvalue weighted by Crippen LogP contribution is -2.48. The van der Waals surface area contributed by atoms with Gasteiger partial charge in [-0.25, -0.2) is 9.78 Å². The van der Waals surface area contributed by atoms with E-state index in [2.05, 4.69) is 30.0 Å². The van der Waals surface area contributed by atoms with Crippen molar-refractivity contribution in [2.75, 3.05) is 6.61 Å². The fourth-order valence-electron chi connectivity index (χ4n) is 4.32. The first kappa shape index (κ1) is 15.4. The van der Waals surface area contributed by atoms with E-state index in [1.165, 1.54) is 18.4 Å². The maximum Gasteiger partial charge on any atom is 0.339 e. The molecular formula is C19H23N3O2. The van der Waals surface area contributed by atoms with E-state index < -0.39 is 0 Å². The lowest BCUT2D eigenvalue weighted by molar-refractivity contribution is -0.0103. The number of carbonyl (C=O) groups excluding carboxylic acids is 1. The van der Waals surface area contributed by atoms with E-state index in [0.717, 1.165) is 17.7 Å². The maximum atomic E-state index is 12.4. The summed E-state index contributed by atoms with van der Waals surface area (Å²) in [5, 5.41) is 4.90. The summed E-state index contributed by atoms with van der Waals surface area (Å²) in [5.41, 5.74) is 3.12. The van der Waals surface area contributed by atoms with Crippen LogP contribution < -0.4 is 0 Å². The molecule has 1 saturated carbocycles.